The molecule has 0 amide bonds. The Morgan fingerprint density at radius 3 is 2.41 bits per heavy atom. The minimum absolute atomic E-state index is 0.136. The fraction of sp³-hybridized carbons (Fsp3) is 0.368. The molecule has 0 unspecified atom stereocenters. The second kappa shape index (κ2) is 6.41. The molecule has 0 saturated heterocycles. The molecule has 0 bridgehead atoms. The van der Waals surface area contributed by atoms with Crippen molar-refractivity contribution in [3.05, 3.63) is 59.7 Å². The number of hydrogen-bond donors (Lipinski definition) is 1. The third-order valence-electron chi connectivity index (χ3n) is 4.71. The van der Waals surface area contributed by atoms with E-state index in [2.05, 4.69) is 24.3 Å². The lowest BCUT2D eigenvalue weighted by Crippen LogP contribution is -2.41. The van der Waals surface area contributed by atoms with Crippen LogP contribution in [0.3, 0.4) is 0 Å². The van der Waals surface area contributed by atoms with E-state index in [1.54, 1.807) is 7.11 Å². The molecular weight excluding hydrogens is 274 g/mol. The SMILES string of the molecule is COc1ccc(C2(CN)CCC2)cc1OCc1ccccc1. The third kappa shape index (κ3) is 2.81. The molecule has 0 heterocycles. The summed E-state index contributed by atoms with van der Waals surface area (Å²) in [4.78, 5) is 0. The van der Waals surface area contributed by atoms with Crippen molar-refractivity contribution in [3.8, 4) is 11.5 Å². The first-order valence-corrected chi connectivity index (χ1v) is 7.83. The largest absolute Gasteiger partial charge is 0.493 e. The number of nitrogens with two attached hydrogens (primary N) is 1. The van der Waals surface area contributed by atoms with Crippen molar-refractivity contribution < 1.29 is 9.47 Å². The van der Waals surface area contributed by atoms with Crippen LogP contribution in [0.15, 0.2) is 48.5 Å². The lowest BCUT2D eigenvalue weighted by Gasteiger charge is -2.41. The van der Waals surface area contributed by atoms with Crippen LogP contribution in [0.1, 0.15) is 30.4 Å². The minimum atomic E-state index is 0.136. The molecule has 1 aliphatic rings. The Hall–Kier alpha value is -2.00. The van der Waals surface area contributed by atoms with Crippen LogP contribution >= 0.6 is 0 Å². The maximum Gasteiger partial charge on any atom is 0.161 e. The molecule has 0 aliphatic heterocycles. The fourth-order valence-corrected chi connectivity index (χ4v) is 3.07. The molecule has 1 fully saturated rings. The Morgan fingerprint density at radius 1 is 1.05 bits per heavy atom. The zero-order valence-corrected chi connectivity index (χ0v) is 13.0. The van der Waals surface area contributed by atoms with Gasteiger partial charge in [0, 0.05) is 12.0 Å². The lowest BCUT2D eigenvalue weighted by molar-refractivity contribution is 0.248. The van der Waals surface area contributed by atoms with Crippen molar-refractivity contribution >= 4 is 0 Å². The Bertz CT molecular complexity index is 615. The maximum atomic E-state index is 6.01. The van der Waals surface area contributed by atoms with E-state index in [9.17, 15) is 0 Å². The summed E-state index contributed by atoms with van der Waals surface area (Å²) in [5, 5.41) is 0. The molecule has 22 heavy (non-hydrogen) atoms. The highest BCUT2D eigenvalue weighted by atomic mass is 16.5. The van der Waals surface area contributed by atoms with Gasteiger partial charge in [0.1, 0.15) is 6.61 Å². The molecule has 0 radical (unpaired) electrons. The number of rotatable bonds is 6. The highest BCUT2D eigenvalue weighted by Crippen LogP contribution is 2.45. The summed E-state index contributed by atoms with van der Waals surface area (Å²) in [6, 6.07) is 16.4. The minimum Gasteiger partial charge on any atom is -0.493 e. The molecular formula is C19H23NO2. The Labute approximate surface area is 132 Å². The maximum absolute atomic E-state index is 6.01. The van der Waals surface area contributed by atoms with Crippen molar-refractivity contribution in [2.24, 2.45) is 5.73 Å². The molecule has 3 heteroatoms. The summed E-state index contributed by atoms with van der Waals surface area (Å²) in [6.07, 6.45) is 3.57. The van der Waals surface area contributed by atoms with Crippen LogP contribution in [-0.4, -0.2) is 13.7 Å². The summed E-state index contributed by atoms with van der Waals surface area (Å²) in [7, 11) is 1.67. The van der Waals surface area contributed by atoms with Gasteiger partial charge in [-0.25, -0.2) is 0 Å². The van der Waals surface area contributed by atoms with E-state index in [0.717, 1.165) is 29.9 Å². The summed E-state index contributed by atoms with van der Waals surface area (Å²) >= 11 is 0. The van der Waals surface area contributed by atoms with E-state index >= 15 is 0 Å². The van der Waals surface area contributed by atoms with Crippen LogP contribution in [0.25, 0.3) is 0 Å². The number of ether oxygens (including phenoxy) is 2. The zero-order valence-electron chi connectivity index (χ0n) is 13.0. The first-order chi connectivity index (χ1) is 10.8. The van der Waals surface area contributed by atoms with Gasteiger partial charge in [-0.15, -0.1) is 0 Å². The zero-order chi connectivity index (χ0) is 15.4. The van der Waals surface area contributed by atoms with Gasteiger partial charge in [-0.1, -0.05) is 42.8 Å². The van der Waals surface area contributed by atoms with Crippen LogP contribution in [0.4, 0.5) is 0 Å². The topological polar surface area (TPSA) is 44.5 Å². The van der Waals surface area contributed by atoms with Crippen molar-refractivity contribution in [1.82, 2.24) is 0 Å². The van der Waals surface area contributed by atoms with Crippen molar-refractivity contribution in [3.63, 3.8) is 0 Å². The third-order valence-corrected chi connectivity index (χ3v) is 4.71. The van der Waals surface area contributed by atoms with Gasteiger partial charge in [0.25, 0.3) is 0 Å². The van der Waals surface area contributed by atoms with Gasteiger partial charge >= 0.3 is 0 Å². The highest BCUT2D eigenvalue weighted by molar-refractivity contribution is 5.46. The lowest BCUT2D eigenvalue weighted by atomic mass is 9.64. The second-order valence-electron chi connectivity index (χ2n) is 5.98. The normalized spacial score (nSPS) is 15.9. The molecule has 0 aromatic heterocycles. The Kier molecular flexibility index (Phi) is 4.34. The van der Waals surface area contributed by atoms with Gasteiger partial charge < -0.3 is 15.2 Å². The van der Waals surface area contributed by atoms with Crippen LogP contribution in [0.5, 0.6) is 11.5 Å². The number of hydrogen-bond acceptors (Lipinski definition) is 3. The predicted molar refractivity (Wildman–Crippen MR) is 88.4 cm³/mol. The molecule has 1 saturated carbocycles. The summed E-state index contributed by atoms with van der Waals surface area (Å²) in [6.45, 7) is 1.23. The molecule has 0 spiro atoms. The molecule has 3 nitrogen and oxygen atoms in total. The fourth-order valence-electron chi connectivity index (χ4n) is 3.07. The Balaban J connectivity index is 1.82. The molecule has 3 rings (SSSR count). The second-order valence-corrected chi connectivity index (χ2v) is 5.98. The smallest absolute Gasteiger partial charge is 0.161 e. The summed E-state index contributed by atoms with van der Waals surface area (Å²) in [5.74, 6) is 1.56. The molecule has 1 aliphatic carbocycles. The first-order valence-electron chi connectivity index (χ1n) is 7.83. The predicted octanol–water partition coefficient (Wildman–Crippen LogP) is 3.65. The van der Waals surface area contributed by atoms with Gasteiger partial charge in [-0.2, -0.15) is 0 Å². The average molecular weight is 297 g/mol. The van der Waals surface area contributed by atoms with Gasteiger partial charge in [0.15, 0.2) is 11.5 Å². The van der Waals surface area contributed by atoms with Crippen molar-refractivity contribution in [2.45, 2.75) is 31.3 Å². The monoisotopic (exact) mass is 297 g/mol. The van der Waals surface area contributed by atoms with E-state index < -0.39 is 0 Å². The van der Waals surface area contributed by atoms with Crippen LogP contribution in [0.2, 0.25) is 0 Å². The average Bonchev–Trinajstić information content (AvgIpc) is 2.53. The van der Waals surface area contributed by atoms with Crippen LogP contribution in [-0.2, 0) is 12.0 Å². The van der Waals surface area contributed by atoms with Gasteiger partial charge in [-0.3, -0.25) is 0 Å². The van der Waals surface area contributed by atoms with Crippen molar-refractivity contribution in [2.75, 3.05) is 13.7 Å². The molecule has 0 atom stereocenters. The van der Waals surface area contributed by atoms with E-state index in [1.807, 2.05) is 24.3 Å². The highest BCUT2D eigenvalue weighted by Gasteiger charge is 2.37. The summed E-state index contributed by atoms with van der Waals surface area (Å²) < 4.78 is 11.4. The first kappa shape index (κ1) is 14.9. The van der Waals surface area contributed by atoms with Crippen LogP contribution < -0.4 is 15.2 Å². The number of methoxy groups -OCH3 is 1. The summed E-state index contributed by atoms with van der Waals surface area (Å²) in [5.41, 5.74) is 8.56. The number of benzene rings is 2. The van der Waals surface area contributed by atoms with E-state index in [0.29, 0.717) is 13.2 Å². The van der Waals surface area contributed by atoms with E-state index in [1.165, 1.54) is 12.0 Å². The van der Waals surface area contributed by atoms with E-state index in [4.69, 9.17) is 15.2 Å². The van der Waals surface area contributed by atoms with Crippen molar-refractivity contribution in [1.29, 1.82) is 0 Å². The molecule has 2 aromatic carbocycles. The van der Waals surface area contributed by atoms with Gasteiger partial charge in [0.05, 0.1) is 7.11 Å². The molecule has 116 valence electrons. The molecule has 2 N–H and O–H groups in total. The van der Waals surface area contributed by atoms with Gasteiger partial charge in [0.2, 0.25) is 0 Å². The quantitative estimate of drug-likeness (QED) is 0.885. The van der Waals surface area contributed by atoms with Gasteiger partial charge in [-0.05, 0) is 36.1 Å². The van der Waals surface area contributed by atoms with Crippen LogP contribution in [0, 0.1) is 0 Å². The Morgan fingerprint density at radius 2 is 1.82 bits per heavy atom. The van der Waals surface area contributed by atoms with E-state index in [-0.39, 0.29) is 5.41 Å². The molecule has 2 aromatic rings. The standard InChI is InChI=1S/C19H23NO2/c1-21-17-9-8-16(19(14-20)10-5-11-19)12-18(17)22-13-15-6-3-2-4-7-15/h2-4,6-9,12H,5,10-11,13-14,20H2,1H3.